The Morgan fingerprint density at radius 3 is 2.15 bits per heavy atom. The fourth-order valence-electron chi connectivity index (χ4n) is 11.7. The third-order valence-electron chi connectivity index (χ3n) is 13.7. The van der Waals surface area contributed by atoms with Crippen molar-refractivity contribution in [3.63, 3.8) is 0 Å². The molecule has 0 amide bonds. The van der Waals surface area contributed by atoms with Crippen LogP contribution in [0.25, 0.3) is 0 Å². The smallest absolute Gasteiger partial charge is 0.303 e. The van der Waals surface area contributed by atoms with Crippen molar-refractivity contribution in [1.82, 2.24) is 4.90 Å². The van der Waals surface area contributed by atoms with Crippen LogP contribution in [-0.4, -0.2) is 78.8 Å². The number of piperidine rings is 2. The Balaban J connectivity index is 1.29. The highest BCUT2D eigenvalue weighted by Gasteiger charge is 2.67. The van der Waals surface area contributed by atoms with Crippen LogP contribution >= 0.6 is 0 Å². The van der Waals surface area contributed by atoms with Crippen LogP contribution in [0.15, 0.2) is 0 Å². The molecule has 6 aliphatic rings. The largest absolute Gasteiger partial charge is 0.461 e. The Bertz CT molecular complexity index is 958. The summed E-state index contributed by atoms with van der Waals surface area (Å²) in [7, 11) is 2.47. The molecule has 0 N–H and O–H groups in total. The van der Waals surface area contributed by atoms with Gasteiger partial charge in [-0.1, -0.05) is 20.3 Å². The molecule has 6 fully saturated rings. The first kappa shape index (κ1) is 29.0. The number of fused-ring (bicyclic) bond motifs is 5. The minimum atomic E-state index is -0.111. The molecular formula is C34H57N2O4+. The summed E-state index contributed by atoms with van der Waals surface area (Å²) in [5, 5.41) is 0. The van der Waals surface area contributed by atoms with Crippen LogP contribution in [0.1, 0.15) is 111 Å². The number of hydrogen-bond donors (Lipinski definition) is 0. The van der Waals surface area contributed by atoms with E-state index in [1.54, 1.807) is 13.8 Å². The number of likely N-dealkylation sites (N-methyl/N-ethyl adjacent to an activating group) is 1. The Morgan fingerprint density at radius 1 is 0.800 bits per heavy atom. The van der Waals surface area contributed by atoms with Crippen molar-refractivity contribution in [3.05, 3.63) is 0 Å². The molecule has 10 atom stereocenters. The van der Waals surface area contributed by atoms with Crippen molar-refractivity contribution in [2.45, 2.75) is 135 Å². The first-order chi connectivity index (χ1) is 19.0. The van der Waals surface area contributed by atoms with Crippen LogP contribution in [0.3, 0.4) is 0 Å². The number of hydrogen-bond acceptors (Lipinski definition) is 5. The summed E-state index contributed by atoms with van der Waals surface area (Å²) in [5.74, 6) is 2.50. The van der Waals surface area contributed by atoms with Gasteiger partial charge in [-0.05, 0) is 113 Å². The summed E-state index contributed by atoms with van der Waals surface area (Å²) in [6, 6.07) is 0.796. The number of quaternary nitrogens is 1. The van der Waals surface area contributed by atoms with Crippen molar-refractivity contribution in [1.29, 1.82) is 0 Å². The van der Waals surface area contributed by atoms with E-state index in [-0.39, 0.29) is 29.6 Å². The molecule has 6 nitrogen and oxygen atoms in total. The second-order valence-corrected chi connectivity index (χ2v) is 15.8. The molecule has 0 unspecified atom stereocenters. The van der Waals surface area contributed by atoms with E-state index in [0.29, 0.717) is 35.3 Å². The predicted octanol–water partition coefficient (Wildman–Crippen LogP) is 5.97. The minimum Gasteiger partial charge on any atom is -0.461 e. The van der Waals surface area contributed by atoms with E-state index in [1.165, 1.54) is 90.1 Å². The molecule has 0 aromatic rings. The first-order valence-electron chi connectivity index (χ1n) is 17.0. The molecule has 0 spiro atoms. The van der Waals surface area contributed by atoms with Crippen molar-refractivity contribution in [3.8, 4) is 0 Å². The summed E-state index contributed by atoms with van der Waals surface area (Å²) < 4.78 is 13.5. The summed E-state index contributed by atoms with van der Waals surface area (Å²) >= 11 is 0. The van der Waals surface area contributed by atoms with Gasteiger partial charge in [-0.2, -0.15) is 0 Å². The molecule has 2 heterocycles. The van der Waals surface area contributed by atoms with E-state index in [2.05, 4.69) is 25.8 Å². The standard InChI is InChI=1S/C34H57N2O4/c1-23(37)39-31-20-25-12-13-26-27(34(25,4)22-29(31)35-16-8-6-9-17-35)14-15-33(3)28(26)21-30(32(33)40-24(2)38)36(5)18-10-7-11-19-36/h25-32H,6-22H2,1-5H3/q+1/t25-,26-,27+,28+,29-,30-,31+,32+,33-,34-/m0/s1. The van der Waals surface area contributed by atoms with Crippen LogP contribution in [-0.2, 0) is 19.1 Å². The molecular weight excluding hydrogens is 500 g/mol. The molecule has 0 aromatic carbocycles. The average Bonchev–Trinajstić information content (AvgIpc) is 3.21. The molecule has 2 aliphatic heterocycles. The maximum atomic E-state index is 12.5. The van der Waals surface area contributed by atoms with E-state index in [9.17, 15) is 9.59 Å². The number of ether oxygens (including phenoxy) is 2. The van der Waals surface area contributed by atoms with Gasteiger partial charge in [0, 0.05) is 31.7 Å². The van der Waals surface area contributed by atoms with Crippen LogP contribution in [0.4, 0.5) is 0 Å². The number of likely N-dealkylation sites (tertiary alicyclic amines) is 2. The number of rotatable bonds is 4. The van der Waals surface area contributed by atoms with Gasteiger partial charge in [0.05, 0.1) is 20.1 Å². The van der Waals surface area contributed by atoms with Gasteiger partial charge >= 0.3 is 11.9 Å². The fraction of sp³-hybridized carbons (Fsp3) is 0.941. The zero-order valence-electron chi connectivity index (χ0n) is 26.2. The maximum absolute atomic E-state index is 12.5. The molecule has 4 saturated carbocycles. The third kappa shape index (κ3) is 4.85. The molecule has 0 aromatic heterocycles. The second kappa shape index (κ2) is 10.8. The number of esters is 2. The molecule has 0 radical (unpaired) electrons. The Morgan fingerprint density at radius 2 is 1.48 bits per heavy atom. The van der Waals surface area contributed by atoms with Gasteiger partial charge in [-0.25, -0.2) is 0 Å². The second-order valence-electron chi connectivity index (χ2n) is 15.8. The molecule has 6 rings (SSSR count). The Hall–Kier alpha value is -1.14. The lowest BCUT2D eigenvalue weighted by atomic mass is 9.44. The lowest BCUT2D eigenvalue weighted by Gasteiger charge is -2.62. The number of nitrogens with zero attached hydrogens (tertiary/aromatic N) is 2. The van der Waals surface area contributed by atoms with Gasteiger partial charge in [0.15, 0.2) is 6.10 Å². The highest BCUT2D eigenvalue weighted by atomic mass is 16.5. The number of carbonyl (C=O) groups is 2. The van der Waals surface area contributed by atoms with E-state index in [1.807, 2.05) is 0 Å². The van der Waals surface area contributed by atoms with Gasteiger partial charge in [-0.3, -0.25) is 14.5 Å². The SMILES string of the molecule is CC(=O)O[C@@H]1[C@@H]([N+]2(C)CCCCC2)C[C@@H]2[C@H]3CC[C@H]4C[C@@H](OC(C)=O)[C@@H](N5CCCCC5)C[C@]4(C)[C@@H]3CC[C@@]21C. The lowest BCUT2D eigenvalue weighted by Crippen LogP contribution is -2.61. The molecule has 2 saturated heterocycles. The van der Waals surface area contributed by atoms with Gasteiger partial charge in [0.2, 0.25) is 0 Å². The van der Waals surface area contributed by atoms with Crippen molar-refractivity contribution in [2.24, 2.45) is 34.5 Å². The topological polar surface area (TPSA) is 55.8 Å². The highest BCUT2D eigenvalue weighted by Crippen LogP contribution is 2.67. The van der Waals surface area contributed by atoms with Crippen LogP contribution in [0.5, 0.6) is 0 Å². The van der Waals surface area contributed by atoms with E-state index in [4.69, 9.17) is 9.47 Å². The number of carbonyl (C=O) groups excluding carboxylic acids is 2. The van der Waals surface area contributed by atoms with E-state index in [0.717, 1.165) is 29.9 Å². The van der Waals surface area contributed by atoms with E-state index >= 15 is 0 Å². The molecule has 0 bridgehead atoms. The van der Waals surface area contributed by atoms with Gasteiger partial charge in [0.25, 0.3) is 0 Å². The maximum Gasteiger partial charge on any atom is 0.303 e. The zero-order valence-corrected chi connectivity index (χ0v) is 26.2. The fourth-order valence-corrected chi connectivity index (χ4v) is 11.7. The summed E-state index contributed by atoms with van der Waals surface area (Å²) in [4.78, 5) is 27.4. The molecule has 4 aliphatic carbocycles. The molecule has 6 heteroatoms. The van der Waals surface area contributed by atoms with Crippen LogP contribution < -0.4 is 0 Å². The predicted molar refractivity (Wildman–Crippen MR) is 156 cm³/mol. The Labute approximate surface area is 243 Å². The summed E-state index contributed by atoms with van der Waals surface area (Å²) in [5.41, 5.74) is 0.377. The van der Waals surface area contributed by atoms with Gasteiger partial charge < -0.3 is 14.0 Å². The van der Waals surface area contributed by atoms with Gasteiger partial charge in [0.1, 0.15) is 12.1 Å². The third-order valence-corrected chi connectivity index (χ3v) is 13.7. The summed E-state index contributed by atoms with van der Waals surface area (Å²) in [6.07, 6.45) is 16.3. The van der Waals surface area contributed by atoms with E-state index < -0.39 is 0 Å². The normalized spacial score (nSPS) is 46.9. The van der Waals surface area contributed by atoms with Gasteiger partial charge in [-0.15, -0.1) is 0 Å². The molecule has 226 valence electrons. The first-order valence-corrected chi connectivity index (χ1v) is 17.0. The lowest BCUT2D eigenvalue weighted by molar-refractivity contribution is -0.940. The van der Waals surface area contributed by atoms with Crippen molar-refractivity contribution < 1.29 is 23.5 Å². The monoisotopic (exact) mass is 557 g/mol. The van der Waals surface area contributed by atoms with Crippen LogP contribution in [0.2, 0.25) is 0 Å². The van der Waals surface area contributed by atoms with Crippen molar-refractivity contribution in [2.75, 3.05) is 33.2 Å². The average molecular weight is 558 g/mol. The summed E-state index contributed by atoms with van der Waals surface area (Å²) in [6.45, 7) is 13.1. The highest BCUT2D eigenvalue weighted by molar-refractivity contribution is 5.66. The van der Waals surface area contributed by atoms with Crippen LogP contribution in [0, 0.1) is 34.5 Å². The quantitative estimate of drug-likeness (QED) is 0.315. The minimum absolute atomic E-state index is 0.0466. The molecule has 40 heavy (non-hydrogen) atoms. The van der Waals surface area contributed by atoms with Crippen molar-refractivity contribution >= 4 is 11.9 Å². The zero-order chi connectivity index (χ0) is 28.3. The Kier molecular flexibility index (Phi) is 7.85.